The number of hydrazone groups is 1. The molecule has 1 aliphatic rings. The molecule has 1 heterocycles. The highest BCUT2D eigenvalue weighted by atomic mass is 15.4. The maximum absolute atomic E-state index is 4.19. The summed E-state index contributed by atoms with van der Waals surface area (Å²) in [7, 11) is 0. The molecule has 2 N–H and O–H groups in total. The van der Waals surface area contributed by atoms with Crippen molar-refractivity contribution < 1.29 is 0 Å². The Balaban J connectivity index is 2.05. The standard InChI is InChI=1S/C12H16N4/c1-9-4-3-5-10(2)11(9)8-15-16-12-13-6-7-14-12/h3-5,8H,6-7H2,1-2H3,(H2,13,14,16). The Hall–Kier alpha value is -1.84. The molecule has 4 heteroatoms. The minimum atomic E-state index is 0.752. The van der Waals surface area contributed by atoms with Crippen molar-refractivity contribution in [2.24, 2.45) is 10.1 Å². The first-order valence-electron chi connectivity index (χ1n) is 5.41. The van der Waals surface area contributed by atoms with Gasteiger partial charge in [0.05, 0.1) is 12.8 Å². The molecule has 1 aromatic rings. The van der Waals surface area contributed by atoms with Gasteiger partial charge in [-0.05, 0) is 25.0 Å². The minimum absolute atomic E-state index is 0.752. The van der Waals surface area contributed by atoms with E-state index in [1.807, 2.05) is 6.21 Å². The van der Waals surface area contributed by atoms with Crippen molar-refractivity contribution in [3.8, 4) is 0 Å². The topological polar surface area (TPSA) is 48.8 Å². The monoisotopic (exact) mass is 216 g/mol. The maximum Gasteiger partial charge on any atom is 0.212 e. The molecule has 0 atom stereocenters. The van der Waals surface area contributed by atoms with E-state index >= 15 is 0 Å². The van der Waals surface area contributed by atoms with Crippen LogP contribution in [-0.2, 0) is 0 Å². The number of hydrogen-bond acceptors (Lipinski definition) is 4. The van der Waals surface area contributed by atoms with E-state index in [9.17, 15) is 0 Å². The van der Waals surface area contributed by atoms with E-state index in [1.165, 1.54) is 11.1 Å². The molecule has 0 spiro atoms. The molecule has 1 aromatic carbocycles. The number of benzene rings is 1. The Labute approximate surface area is 95.5 Å². The fourth-order valence-corrected chi connectivity index (χ4v) is 1.66. The predicted octanol–water partition coefficient (Wildman–Crippen LogP) is 1.19. The van der Waals surface area contributed by atoms with Crippen LogP contribution >= 0.6 is 0 Å². The number of hydrogen-bond donors (Lipinski definition) is 2. The fraction of sp³-hybridized carbons (Fsp3) is 0.333. The lowest BCUT2D eigenvalue weighted by atomic mass is 10.0. The van der Waals surface area contributed by atoms with Crippen molar-refractivity contribution in [1.82, 2.24) is 10.7 Å². The first-order chi connectivity index (χ1) is 7.77. The molecule has 16 heavy (non-hydrogen) atoms. The van der Waals surface area contributed by atoms with Crippen molar-refractivity contribution in [2.75, 3.05) is 13.1 Å². The number of rotatable bonds is 2. The molecular weight excluding hydrogens is 200 g/mol. The van der Waals surface area contributed by atoms with Crippen LogP contribution in [0.15, 0.2) is 28.3 Å². The van der Waals surface area contributed by atoms with Gasteiger partial charge in [-0.1, -0.05) is 18.2 Å². The molecule has 0 aromatic heterocycles. The highest BCUT2D eigenvalue weighted by Gasteiger charge is 2.02. The summed E-state index contributed by atoms with van der Waals surface area (Å²) in [5.41, 5.74) is 6.51. The number of aryl methyl sites for hydroxylation is 2. The molecule has 0 saturated heterocycles. The second-order valence-corrected chi connectivity index (χ2v) is 3.83. The molecule has 84 valence electrons. The molecule has 0 amide bonds. The first kappa shape index (κ1) is 10.7. The van der Waals surface area contributed by atoms with Crippen LogP contribution in [-0.4, -0.2) is 25.3 Å². The minimum Gasteiger partial charge on any atom is -0.353 e. The number of nitrogens with one attached hydrogen (secondary N) is 2. The van der Waals surface area contributed by atoms with E-state index < -0.39 is 0 Å². The molecule has 0 fully saturated rings. The average molecular weight is 216 g/mol. The third-order valence-corrected chi connectivity index (χ3v) is 2.58. The van der Waals surface area contributed by atoms with E-state index in [-0.39, 0.29) is 0 Å². The number of guanidine groups is 1. The summed E-state index contributed by atoms with van der Waals surface area (Å²) < 4.78 is 0. The van der Waals surface area contributed by atoms with E-state index in [0.29, 0.717) is 0 Å². The highest BCUT2D eigenvalue weighted by molar-refractivity contribution is 5.86. The maximum atomic E-state index is 4.19. The first-order valence-corrected chi connectivity index (χ1v) is 5.41. The molecule has 0 radical (unpaired) electrons. The van der Waals surface area contributed by atoms with Crippen LogP contribution in [0.1, 0.15) is 16.7 Å². The lowest BCUT2D eigenvalue weighted by molar-refractivity contribution is 0.919. The van der Waals surface area contributed by atoms with Gasteiger partial charge in [0.15, 0.2) is 0 Å². The molecule has 0 unspecified atom stereocenters. The zero-order valence-corrected chi connectivity index (χ0v) is 9.62. The number of aliphatic imine (C=N–C) groups is 1. The lowest BCUT2D eigenvalue weighted by Crippen LogP contribution is -2.30. The highest BCUT2D eigenvalue weighted by Crippen LogP contribution is 2.09. The van der Waals surface area contributed by atoms with Crippen LogP contribution in [0, 0.1) is 13.8 Å². The van der Waals surface area contributed by atoms with Gasteiger partial charge >= 0.3 is 0 Å². The lowest BCUT2D eigenvalue weighted by Gasteiger charge is -2.04. The van der Waals surface area contributed by atoms with Gasteiger partial charge in [0, 0.05) is 12.1 Å². The van der Waals surface area contributed by atoms with Gasteiger partial charge in [-0.3, -0.25) is 0 Å². The fourth-order valence-electron chi connectivity index (χ4n) is 1.66. The van der Waals surface area contributed by atoms with E-state index in [2.05, 4.69) is 52.9 Å². The zero-order chi connectivity index (χ0) is 11.4. The van der Waals surface area contributed by atoms with Crippen LogP contribution in [0.5, 0.6) is 0 Å². The van der Waals surface area contributed by atoms with Crippen molar-refractivity contribution in [2.45, 2.75) is 13.8 Å². The van der Waals surface area contributed by atoms with Crippen LogP contribution in [0.4, 0.5) is 0 Å². The molecule has 0 bridgehead atoms. The summed E-state index contributed by atoms with van der Waals surface area (Å²) in [5, 5.41) is 7.27. The van der Waals surface area contributed by atoms with Crippen molar-refractivity contribution >= 4 is 12.2 Å². The zero-order valence-electron chi connectivity index (χ0n) is 9.62. The van der Waals surface area contributed by atoms with Gasteiger partial charge in [-0.2, -0.15) is 5.10 Å². The Morgan fingerprint density at radius 3 is 2.75 bits per heavy atom. The van der Waals surface area contributed by atoms with Crippen LogP contribution in [0.3, 0.4) is 0 Å². The summed E-state index contributed by atoms with van der Waals surface area (Å²) in [6, 6.07) is 6.22. The van der Waals surface area contributed by atoms with Gasteiger partial charge in [0.2, 0.25) is 5.96 Å². The van der Waals surface area contributed by atoms with Crippen LogP contribution < -0.4 is 10.7 Å². The average Bonchev–Trinajstić information content (AvgIpc) is 2.75. The third kappa shape index (κ3) is 2.39. The van der Waals surface area contributed by atoms with Gasteiger partial charge in [-0.25, -0.2) is 10.4 Å². The van der Waals surface area contributed by atoms with Gasteiger partial charge in [0.25, 0.3) is 0 Å². The molecule has 4 nitrogen and oxygen atoms in total. The summed E-state index contributed by atoms with van der Waals surface area (Å²) >= 11 is 0. The largest absolute Gasteiger partial charge is 0.353 e. The van der Waals surface area contributed by atoms with Gasteiger partial charge < -0.3 is 5.32 Å². The van der Waals surface area contributed by atoms with Gasteiger partial charge in [-0.15, -0.1) is 0 Å². The van der Waals surface area contributed by atoms with E-state index in [0.717, 1.165) is 24.6 Å². The predicted molar refractivity (Wildman–Crippen MR) is 67.0 cm³/mol. The van der Waals surface area contributed by atoms with Crippen molar-refractivity contribution in [3.63, 3.8) is 0 Å². The SMILES string of the molecule is Cc1cccc(C)c1C=NNC1=NCCN1. The molecule has 1 aliphatic heterocycles. The van der Waals surface area contributed by atoms with Crippen molar-refractivity contribution in [1.29, 1.82) is 0 Å². The van der Waals surface area contributed by atoms with Crippen LogP contribution in [0.25, 0.3) is 0 Å². The van der Waals surface area contributed by atoms with Crippen molar-refractivity contribution in [3.05, 3.63) is 34.9 Å². The summed E-state index contributed by atoms with van der Waals surface area (Å²) in [4.78, 5) is 4.19. The molecule has 0 saturated carbocycles. The van der Waals surface area contributed by atoms with Crippen LogP contribution in [0.2, 0.25) is 0 Å². The Kier molecular flexibility index (Phi) is 3.19. The smallest absolute Gasteiger partial charge is 0.212 e. The summed E-state index contributed by atoms with van der Waals surface area (Å²) in [5.74, 6) is 0.752. The Bertz CT molecular complexity index is 414. The third-order valence-electron chi connectivity index (χ3n) is 2.58. The molecule has 2 rings (SSSR count). The quantitative estimate of drug-likeness (QED) is 0.576. The summed E-state index contributed by atoms with van der Waals surface area (Å²) in [6.45, 7) is 5.88. The Morgan fingerprint density at radius 2 is 2.12 bits per heavy atom. The second-order valence-electron chi connectivity index (χ2n) is 3.83. The second kappa shape index (κ2) is 4.79. The molecular formula is C12H16N4. The summed E-state index contributed by atoms with van der Waals surface area (Å²) in [6.07, 6.45) is 1.84. The number of nitrogens with zero attached hydrogens (tertiary/aromatic N) is 2. The van der Waals surface area contributed by atoms with E-state index in [4.69, 9.17) is 0 Å². The Morgan fingerprint density at radius 1 is 1.38 bits per heavy atom. The van der Waals surface area contributed by atoms with Gasteiger partial charge in [0.1, 0.15) is 0 Å². The normalized spacial score (nSPS) is 15.0. The van der Waals surface area contributed by atoms with E-state index in [1.54, 1.807) is 0 Å². The molecule has 0 aliphatic carbocycles.